The first-order valence-electron chi connectivity index (χ1n) is 6.92. The van der Waals surface area contributed by atoms with E-state index in [1.807, 2.05) is 6.92 Å². The van der Waals surface area contributed by atoms with E-state index in [2.05, 4.69) is 33.5 Å². The van der Waals surface area contributed by atoms with Crippen LogP contribution in [0.3, 0.4) is 0 Å². The summed E-state index contributed by atoms with van der Waals surface area (Å²) in [5, 5.41) is 8.53. The van der Waals surface area contributed by atoms with Gasteiger partial charge in [0.2, 0.25) is 0 Å². The molecule has 0 spiro atoms. The number of esters is 1. The first-order chi connectivity index (χ1) is 9.06. The second-order valence-corrected chi connectivity index (χ2v) is 5.75. The Morgan fingerprint density at radius 2 is 2.11 bits per heavy atom. The molecule has 1 saturated heterocycles. The molecular formula is C13H20N4O2. The molecule has 0 aromatic carbocycles. The van der Waals surface area contributed by atoms with Crippen molar-refractivity contribution in [1.82, 2.24) is 19.7 Å². The zero-order chi connectivity index (χ0) is 13.6. The predicted molar refractivity (Wildman–Crippen MR) is 68.5 cm³/mol. The summed E-state index contributed by atoms with van der Waals surface area (Å²) in [7, 11) is 0. The quantitative estimate of drug-likeness (QED) is 0.743. The van der Waals surface area contributed by atoms with E-state index in [0.717, 1.165) is 31.2 Å². The van der Waals surface area contributed by atoms with Crippen molar-refractivity contribution in [3.63, 3.8) is 0 Å². The summed E-state index contributed by atoms with van der Waals surface area (Å²) < 4.78 is 7.42. The normalized spacial score (nSPS) is 27.7. The second-order valence-electron chi connectivity index (χ2n) is 5.75. The summed E-state index contributed by atoms with van der Waals surface area (Å²) in [6.07, 6.45) is 0.813. The number of nitrogens with zero attached hydrogens (tertiary/aromatic N) is 4. The number of rotatable bonds is 2. The highest BCUT2D eigenvalue weighted by Crippen LogP contribution is 2.25. The van der Waals surface area contributed by atoms with Crippen LogP contribution in [0, 0.1) is 0 Å². The van der Waals surface area contributed by atoms with Gasteiger partial charge in [-0.15, -0.1) is 10.2 Å². The van der Waals surface area contributed by atoms with E-state index >= 15 is 0 Å². The first kappa shape index (κ1) is 12.6. The Bertz CT molecular complexity index is 497. The molecular weight excluding hydrogens is 244 g/mol. The number of aromatic nitrogens is 3. The van der Waals surface area contributed by atoms with Crippen molar-refractivity contribution in [3.8, 4) is 0 Å². The minimum Gasteiger partial charge on any atom is -0.461 e. The van der Waals surface area contributed by atoms with Crippen molar-refractivity contribution in [3.05, 3.63) is 11.6 Å². The smallest absolute Gasteiger partial charge is 0.323 e. The van der Waals surface area contributed by atoms with Crippen LogP contribution < -0.4 is 0 Å². The van der Waals surface area contributed by atoms with Gasteiger partial charge >= 0.3 is 5.97 Å². The standard InChI is InChI=1S/C13H20N4O2/c1-8(2)12-15-14-11-7-16(4-5-17(11)12)10-6-9(3)19-13(10)18/h8-10H,4-7H2,1-3H3/t9-,10+/m1/s1. The maximum atomic E-state index is 11.8. The molecule has 0 unspecified atom stereocenters. The van der Waals surface area contributed by atoms with Crippen molar-refractivity contribution >= 4 is 5.97 Å². The van der Waals surface area contributed by atoms with E-state index < -0.39 is 0 Å². The molecule has 0 radical (unpaired) electrons. The van der Waals surface area contributed by atoms with Crippen LogP contribution in [0.25, 0.3) is 0 Å². The lowest BCUT2D eigenvalue weighted by Crippen LogP contribution is -2.43. The van der Waals surface area contributed by atoms with Gasteiger partial charge in [0.25, 0.3) is 0 Å². The minimum atomic E-state index is -0.108. The summed E-state index contributed by atoms with van der Waals surface area (Å²) in [5.74, 6) is 2.29. The Kier molecular flexibility index (Phi) is 3.05. The fourth-order valence-corrected chi connectivity index (χ4v) is 2.93. The van der Waals surface area contributed by atoms with Crippen LogP contribution in [0.5, 0.6) is 0 Å². The largest absolute Gasteiger partial charge is 0.461 e. The fraction of sp³-hybridized carbons (Fsp3) is 0.769. The minimum absolute atomic E-state index is 0.0310. The van der Waals surface area contributed by atoms with Gasteiger partial charge in [-0.1, -0.05) is 13.8 Å². The highest BCUT2D eigenvalue weighted by molar-refractivity contribution is 5.78. The van der Waals surface area contributed by atoms with Crippen LogP contribution in [0.1, 0.15) is 44.8 Å². The summed E-state index contributed by atoms with van der Waals surface area (Å²) >= 11 is 0. The van der Waals surface area contributed by atoms with Gasteiger partial charge in [0.1, 0.15) is 23.8 Å². The van der Waals surface area contributed by atoms with Gasteiger partial charge in [-0.3, -0.25) is 9.69 Å². The Hall–Kier alpha value is -1.43. The number of hydrogen-bond donors (Lipinski definition) is 0. The zero-order valence-electron chi connectivity index (χ0n) is 11.7. The number of ether oxygens (including phenoxy) is 1. The SMILES string of the molecule is CC(C)c1nnc2n1CCN([C@H]1C[C@@H](C)OC1=O)C2. The Balaban J connectivity index is 1.78. The van der Waals surface area contributed by atoms with E-state index in [1.165, 1.54) is 0 Å². The molecule has 2 aliphatic rings. The average molecular weight is 264 g/mol. The third-order valence-electron chi connectivity index (χ3n) is 3.91. The summed E-state index contributed by atoms with van der Waals surface area (Å²) in [6.45, 7) is 8.60. The van der Waals surface area contributed by atoms with Crippen LogP contribution in [0.2, 0.25) is 0 Å². The van der Waals surface area contributed by atoms with Crippen LogP contribution in [0.15, 0.2) is 0 Å². The van der Waals surface area contributed by atoms with Gasteiger partial charge in [0.05, 0.1) is 6.54 Å². The monoisotopic (exact) mass is 264 g/mol. The molecule has 0 aliphatic carbocycles. The van der Waals surface area contributed by atoms with E-state index in [1.54, 1.807) is 0 Å². The zero-order valence-corrected chi connectivity index (χ0v) is 11.7. The molecule has 104 valence electrons. The van der Waals surface area contributed by atoms with Crippen molar-refractivity contribution in [2.24, 2.45) is 0 Å². The molecule has 6 heteroatoms. The highest BCUT2D eigenvalue weighted by atomic mass is 16.6. The second kappa shape index (κ2) is 4.59. The topological polar surface area (TPSA) is 60.3 Å². The molecule has 3 heterocycles. The summed E-state index contributed by atoms with van der Waals surface area (Å²) in [4.78, 5) is 14.0. The molecule has 0 amide bonds. The third-order valence-corrected chi connectivity index (χ3v) is 3.91. The molecule has 19 heavy (non-hydrogen) atoms. The third kappa shape index (κ3) is 2.14. The molecule has 2 aliphatic heterocycles. The van der Waals surface area contributed by atoms with Crippen LogP contribution in [-0.4, -0.2) is 44.3 Å². The van der Waals surface area contributed by atoms with E-state index in [9.17, 15) is 4.79 Å². The fourth-order valence-electron chi connectivity index (χ4n) is 2.93. The van der Waals surface area contributed by atoms with Crippen molar-refractivity contribution in [2.45, 2.75) is 58.3 Å². The maximum absolute atomic E-state index is 11.8. The van der Waals surface area contributed by atoms with Gasteiger partial charge in [-0.2, -0.15) is 0 Å². The first-order valence-corrected chi connectivity index (χ1v) is 6.92. The summed E-state index contributed by atoms with van der Waals surface area (Å²) in [6, 6.07) is -0.108. The van der Waals surface area contributed by atoms with Gasteiger partial charge in [0.15, 0.2) is 0 Å². The van der Waals surface area contributed by atoms with Crippen molar-refractivity contribution in [1.29, 1.82) is 0 Å². The van der Waals surface area contributed by atoms with Crippen LogP contribution in [-0.2, 0) is 22.6 Å². The van der Waals surface area contributed by atoms with Crippen molar-refractivity contribution < 1.29 is 9.53 Å². The van der Waals surface area contributed by atoms with E-state index in [4.69, 9.17) is 4.74 Å². The Morgan fingerprint density at radius 3 is 2.74 bits per heavy atom. The number of hydrogen-bond acceptors (Lipinski definition) is 5. The molecule has 0 N–H and O–H groups in total. The number of carbonyl (C=O) groups excluding carboxylic acids is 1. The molecule has 3 rings (SSSR count). The van der Waals surface area contributed by atoms with Gasteiger partial charge < -0.3 is 9.30 Å². The Labute approximate surface area is 112 Å². The molecule has 0 saturated carbocycles. The number of cyclic esters (lactones) is 1. The summed E-state index contributed by atoms with van der Waals surface area (Å²) in [5.41, 5.74) is 0. The predicted octanol–water partition coefficient (Wildman–Crippen LogP) is 0.921. The molecule has 1 fully saturated rings. The highest BCUT2D eigenvalue weighted by Gasteiger charge is 2.38. The molecule has 1 aromatic heterocycles. The van der Waals surface area contributed by atoms with Crippen LogP contribution in [0.4, 0.5) is 0 Å². The Morgan fingerprint density at radius 1 is 1.32 bits per heavy atom. The van der Waals surface area contributed by atoms with Crippen LogP contribution >= 0.6 is 0 Å². The van der Waals surface area contributed by atoms with E-state index in [-0.39, 0.29) is 18.1 Å². The lowest BCUT2D eigenvalue weighted by molar-refractivity contribution is -0.145. The molecule has 2 atom stereocenters. The molecule has 1 aromatic rings. The van der Waals surface area contributed by atoms with Gasteiger partial charge in [0, 0.05) is 25.4 Å². The average Bonchev–Trinajstić information content (AvgIpc) is 2.91. The maximum Gasteiger partial charge on any atom is 0.323 e. The van der Waals surface area contributed by atoms with Gasteiger partial charge in [-0.05, 0) is 6.92 Å². The number of fused-ring (bicyclic) bond motifs is 1. The molecule has 0 bridgehead atoms. The number of carbonyl (C=O) groups is 1. The van der Waals surface area contributed by atoms with E-state index in [0.29, 0.717) is 12.5 Å². The lowest BCUT2D eigenvalue weighted by Gasteiger charge is -2.30. The van der Waals surface area contributed by atoms with Gasteiger partial charge in [-0.25, -0.2) is 0 Å². The molecule has 6 nitrogen and oxygen atoms in total. The van der Waals surface area contributed by atoms with Crippen molar-refractivity contribution in [2.75, 3.05) is 6.54 Å². The lowest BCUT2D eigenvalue weighted by atomic mass is 10.1.